The van der Waals surface area contributed by atoms with Crippen LogP contribution in [0.15, 0.2) is 24.3 Å². The Labute approximate surface area is 161 Å². The van der Waals surface area contributed by atoms with Crippen LogP contribution in [0.3, 0.4) is 0 Å². The normalized spacial score (nSPS) is 21.9. The van der Waals surface area contributed by atoms with E-state index in [-0.39, 0.29) is 11.9 Å². The summed E-state index contributed by atoms with van der Waals surface area (Å²) in [7, 11) is 0. The number of nitrogens with zero attached hydrogens (tertiary/aromatic N) is 3. The first-order chi connectivity index (χ1) is 13.1. The van der Waals surface area contributed by atoms with Gasteiger partial charge in [0.2, 0.25) is 5.91 Å². The molecule has 0 radical (unpaired) electrons. The molecule has 2 aliphatic rings. The molecule has 0 aliphatic carbocycles. The largest absolute Gasteiger partial charge is 0.371 e. The lowest BCUT2D eigenvalue weighted by atomic mass is 9.97. The van der Waals surface area contributed by atoms with Crippen LogP contribution in [0.4, 0.5) is 5.69 Å². The summed E-state index contributed by atoms with van der Waals surface area (Å²) in [4.78, 5) is 21.5. The number of hydrogen-bond acceptors (Lipinski definition) is 4. The Kier molecular flexibility index (Phi) is 5.04. The lowest BCUT2D eigenvalue weighted by molar-refractivity contribution is -0.123. The number of fused-ring (bicyclic) bond motifs is 1. The predicted molar refractivity (Wildman–Crippen MR) is 110 cm³/mol. The molecule has 4 rings (SSSR count). The molecule has 144 valence electrons. The van der Waals surface area contributed by atoms with Gasteiger partial charge < -0.3 is 10.6 Å². The molecule has 0 bridgehead atoms. The Morgan fingerprint density at radius 2 is 1.93 bits per heavy atom. The molecule has 5 heteroatoms. The topological polar surface area (TPSA) is 62.5 Å². The number of para-hydroxylation sites is 1. The van der Waals surface area contributed by atoms with E-state index < -0.39 is 0 Å². The predicted octanol–water partition coefficient (Wildman–Crippen LogP) is 3.02. The van der Waals surface area contributed by atoms with Crippen molar-refractivity contribution in [2.24, 2.45) is 5.73 Å². The minimum absolute atomic E-state index is 0.0586. The maximum Gasteiger partial charge on any atom is 0.234 e. The number of aromatic nitrogens is 1. The van der Waals surface area contributed by atoms with Gasteiger partial charge >= 0.3 is 0 Å². The molecular weight excluding hydrogens is 336 g/mol. The molecule has 2 N–H and O–H groups in total. The van der Waals surface area contributed by atoms with Crippen LogP contribution in [-0.2, 0) is 11.2 Å². The van der Waals surface area contributed by atoms with Gasteiger partial charge in [0.15, 0.2) is 0 Å². The van der Waals surface area contributed by atoms with Gasteiger partial charge in [-0.3, -0.25) is 14.7 Å². The maximum atomic E-state index is 11.8. The molecule has 2 aliphatic heterocycles. The van der Waals surface area contributed by atoms with Crippen molar-refractivity contribution in [3.8, 4) is 0 Å². The second-order valence-corrected chi connectivity index (χ2v) is 7.91. The van der Waals surface area contributed by atoms with E-state index in [1.807, 2.05) is 0 Å². The SMILES string of the molecule is CCc1c(C)nc2ccccc2c1N1CCC(N2CCCC2C(N)=O)CC1. The summed E-state index contributed by atoms with van der Waals surface area (Å²) in [6, 6.07) is 8.90. The second kappa shape index (κ2) is 7.47. The van der Waals surface area contributed by atoms with Crippen LogP contribution < -0.4 is 10.6 Å². The van der Waals surface area contributed by atoms with Gasteiger partial charge in [0.1, 0.15) is 0 Å². The highest BCUT2D eigenvalue weighted by molar-refractivity contribution is 5.94. The highest BCUT2D eigenvalue weighted by Crippen LogP contribution is 2.35. The van der Waals surface area contributed by atoms with Gasteiger partial charge in [-0.15, -0.1) is 0 Å². The number of anilines is 1. The van der Waals surface area contributed by atoms with Gasteiger partial charge in [-0.1, -0.05) is 25.1 Å². The first-order valence-electron chi connectivity index (χ1n) is 10.3. The molecule has 1 aromatic carbocycles. The fraction of sp³-hybridized carbons (Fsp3) is 0.545. The Balaban J connectivity index is 1.59. The van der Waals surface area contributed by atoms with Gasteiger partial charge in [0, 0.05) is 30.2 Å². The van der Waals surface area contributed by atoms with Crippen LogP contribution in [0.5, 0.6) is 0 Å². The number of primary amides is 1. The van der Waals surface area contributed by atoms with Crippen LogP contribution >= 0.6 is 0 Å². The van der Waals surface area contributed by atoms with Crippen molar-refractivity contribution >= 4 is 22.5 Å². The van der Waals surface area contributed by atoms with E-state index >= 15 is 0 Å². The first-order valence-corrected chi connectivity index (χ1v) is 10.3. The number of benzene rings is 1. The minimum atomic E-state index is -0.154. The number of pyridine rings is 1. The number of aryl methyl sites for hydroxylation is 1. The zero-order chi connectivity index (χ0) is 19.0. The van der Waals surface area contributed by atoms with Crippen LogP contribution in [0.2, 0.25) is 0 Å². The molecule has 1 unspecified atom stereocenters. The van der Waals surface area contributed by atoms with Gasteiger partial charge in [-0.05, 0) is 57.2 Å². The van der Waals surface area contributed by atoms with Crippen LogP contribution in [-0.4, -0.2) is 47.5 Å². The van der Waals surface area contributed by atoms with E-state index in [1.54, 1.807) is 0 Å². The Morgan fingerprint density at radius 1 is 1.19 bits per heavy atom. The monoisotopic (exact) mass is 366 g/mol. The molecule has 0 saturated carbocycles. The third-order valence-corrected chi connectivity index (χ3v) is 6.40. The molecule has 0 spiro atoms. The van der Waals surface area contributed by atoms with Crippen molar-refractivity contribution < 1.29 is 4.79 Å². The average Bonchev–Trinajstić information content (AvgIpc) is 3.17. The summed E-state index contributed by atoms with van der Waals surface area (Å²) in [5, 5.41) is 1.26. The molecule has 1 aromatic heterocycles. The minimum Gasteiger partial charge on any atom is -0.371 e. The van der Waals surface area contributed by atoms with E-state index in [9.17, 15) is 4.79 Å². The van der Waals surface area contributed by atoms with E-state index in [0.29, 0.717) is 6.04 Å². The van der Waals surface area contributed by atoms with E-state index in [0.717, 1.165) is 62.9 Å². The van der Waals surface area contributed by atoms with E-state index in [2.05, 4.69) is 47.9 Å². The van der Waals surface area contributed by atoms with E-state index in [4.69, 9.17) is 10.7 Å². The van der Waals surface area contributed by atoms with Crippen molar-refractivity contribution in [2.75, 3.05) is 24.5 Å². The maximum absolute atomic E-state index is 11.8. The zero-order valence-electron chi connectivity index (χ0n) is 16.4. The lowest BCUT2D eigenvalue weighted by Gasteiger charge is -2.40. The first kappa shape index (κ1) is 18.2. The van der Waals surface area contributed by atoms with Gasteiger partial charge in [0.05, 0.1) is 17.2 Å². The number of nitrogens with two attached hydrogens (primary N) is 1. The van der Waals surface area contributed by atoms with Gasteiger partial charge in [-0.2, -0.15) is 0 Å². The molecule has 1 atom stereocenters. The summed E-state index contributed by atoms with van der Waals surface area (Å²) in [6.45, 7) is 7.40. The zero-order valence-corrected chi connectivity index (χ0v) is 16.4. The summed E-state index contributed by atoms with van der Waals surface area (Å²) >= 11 is 0. The van der Waals surface area contributed by atoms with E-state index in [1.165, 1.54) is 16.6 Å². The summed E-state index contributed by atoms with van der Waals surface area (Å²) < 4.78 is 0. The average molecular weight is 367 g/mol. The number of carbonyl (C=O) groups is 1. The molecule has 3 heterocycles. The molecule has 2 fully saturated rings. The van der Waals surface area contributed by atoms with Crippen molar-refractivity contribution in [3.63, 3.8) is 0 Å². The number of hydrogen-bond donors (Lipinski definition) is 1. The number of piperidine rings is 1. The summed E-state index contributed by atoms with van der Waals surface area (Å²) in [5.41, 5.74) is 10.6. The molecular formula is C22H30N4O. The molecule has 2 saturated heterocycles. The van der Waals surface area contributed by atoms with Crippen molar-refractivity contribution in [1.82, 2.24) is 9.88 Å². The third-order valence-electron chi connectivity index (χ3n) is 6.40. The van der Waals surface area contributed by atoms with Gasteiger partial charge in [0.25, 0.3) is 0 Å². The molecule has 1 amide bonds. The van der Waals surface area contributed by atoms with Crippen molar-refractivity contribution in [2.45, 2.75) is 58.0 Å². The van der Waals surface area contributed by atoms with Gasteiger partial charge in [-0.25, -0.2) is 0 Å². The van der Waals surface area contributed by atoms with Crippen LogP contribution in [0.1, 0.15) is 43.9 Å². The highest BCUT2D eigenvalue weighted by atomic mass is 16.1. The highest BCUT2D eigenvalue weighted by Gasteiger charge is 2.36. The summed E-state index contributed by atoms with van der Waals surface area (Å²) in [5.74, 6) is -0.154. The molecule has 5 nitrogen and oxygen atoms in total. The number of rotatable bonds is 4. The fourth-order valence-corrected chi connectivity index (χ4v) is 5.09. The smallest absolute Gasteiger partial charge is 0.234 e. The number of likely N-dealkylation sites (tertiary alicyclic amines) is 1. The number of carbonyl (C=O) groups excluding carboxylic acids is 1. The second-order valence-electron chi connectivity index (χ2n) is 7.91. The Hall–Kier alpha value is -2.14. The number of amides is 1. The van der Waals surface area contributed by atoms with Crippen molar-refractivity contribution in [3.05, 3.63) is 35.5 Å². The lowest BCUT2D eigenvalue weighted by Crippen LogP contribution is -2.50. The van der Waals surface area contributed by atoms with Crippen molar-refractivity contribution in [1.29, 1.82) is 0 Å². The Morgan fingerprint density at radius 3 is 2.63 bits per heavy atom. The molecule has 2 aromatic rings. The quantitative estimate of drug-likeness (QED) is 0.903. The standard InChI is InChI=1S/C22H30N4O/c1-3-17-15(2)24-19-8-5-4-7-18(19)21(17)25-13-10-16(11-14-25)26-12-6-9-20(26)22(23)27/h4-5,7-8,16,20H,3,6,9-14H2,1-2H3,(H2,23,27). The summed E-state index contributed by atoms with van der Waals surface area (Å²) in [6.07, 6.45) is 5.17. The molecule has 27 heavy (non-hydrogen) atoms. The third kappa shape index (κ3) is 3.29. The fourth-order valence-electron chi connectivity index (χ4n) is 5.09. The Bertz CT molecular complexity index is 842. The van der Waals surface area contributed by atoms with Crippen LogP contribution in [0, 0.1) is 6.92 Å². The van der Waals surface area contributed by atoms with Crippen LogP contribution in [0.25, 0.3) is 10.9 Å².